The van der Waals surface area contributed by atoms with E-state index in [1.54, 1.807) is 17.5 Å². The molecule has 0 bridgehead atoms. The Balaban J connectivity index is 2.32. The molecule has 0 saturated carbocycles. The van der Waals surface area contributed by atoms with Gasteiger partial charge in [-0.15, -0.1) is 11.3 Å². The minimum atomic E-state index is -3.54. The minimum Gasteiger partial charge on any atom is -0.396 e. The van der Waals surface area contributed by atoms with Gasteiger partial charge in [0.15, 0.2) is 0 Å². The molecule has 0 saturated heterocycles. The molecule has 1 unspecified atom stereocenters. The van der Waals surface area contributed by atoms with Crippen molar-refractivity contribution in [2.45, 2.75) is 30.1 Å². The normalized spacial score (nSPS) is 13.5. The third kappa shape index (κ3) is 3.91. The van der Waals surface area contributed by atoms with Crippen LogP contribution in [0.1, 0.15) is 18.9 Å². The Hall–Kier alpha value is -1.21. The zero-order chi connectivity index (χ0) is 15.3. The highest BCUT2D eigenvalue weighted by molar-refractivity contribution is 7.91. The van der Waals surface area contributed by atoms with Gasteiger partial charge in [0.1, 0.15) is 4.21 Å². The maximum Gasteiger partial charge on any atom is 0.253 e. The van der Waals surface area contributed by atoms with Gasteiger partial charge in [0.25, 0.3) is 10.0 Å². The summed E-state index contributed by atoms with van der Waals surface area (Å²) in [5.41, 5.74) is 0.933. The molecule has 0 aliphatic heterocycles. The number of hydrogen-bond acceptors (Lipinski definition) is 4. The fourth-order valence-corrected chi connectivity index (χ4v) is 4.87. The van der Waals surface area contributed by atoms with Gasteiger partial charge < -0.3 is 5.11 Å². The van der Waals surface area contributed by atoms with Crippen molar-refractivity contribution in [2.24, 2.45) is 0 Å². The van der Waals surface area contributed by atoms with Crippen LogP contribution in [-0.2, 0) is 16.6 Å². The summed E-state index contributed by atoms with van der Waals surface area (Å²) in [5.74, 6) is 0. The van der Waals surface area contributed by atoms with Crippen LogP contribution in [0.25, 0.3) is 0 Å². The van der Waals surface area contributed by atoms with Crippen LogP contribution in [0.2, 0.25) is 0 Å². The van der Waals surface area contributed by atoms with Crippen molar-refractivity contribution in [3.05, 3.63) is 53.4 Å². The SMILES string of the molecule is CC(CCO)N(Cc1ccccc1)S(=O)(=O)c1cccs1. The van der Waals surface area contributed by atoms with Crippen molar-refractivity contribution in [1.82, 2.24) is 4.31 Å². The zero-order valence-electron chi connectivity index (χ0n) is 11.8. The largest absolute Gasteiger partial charge is 0.396 e. The number of nitrogens with zero attached hydrogens (tertiary/aromatic N) is 1. The lowest BCUT2D eigenvalue weighted by atomic mass is 10.2. The van der Waals surface area contributed by atoms with E-state index in [0.717, 1.165) is 5.56 Å². The summed E-state index contributed by atoms with van der Waals surface area (Å²) >= 11 is 1.21. The molecule has 0 fully saturated rings. The van der Waals surface area contributed by atoms with Crippen molar-refractivity contribution >= 4 is 21.4 Å². The molecule has 0 amide bonds. The maximum atomic E-state index is 12.8. The Bertz CT molecular complexity index is 639. The molecule has 2 aromatic rings. The van der Waals surface area contributed by atoms with Gasteiger partial charge in [0.05, 0.1) is 0 Å². The van der Waals surface area contributed by atoms with Gasteiger partial charge in [0.2, 0.25) is 0 Å². The number of hydrogen-bond donors (Lipinski definition) is 1. The number of benzene rings is 1. The highest BCUT2D eigenvalue weighted by atomic mass is 32.2. The fourth-order valence-electron chi connectivity index (χ4n) is 2.10. The van der Waals surface area contributed by atoms with E-state index in [9.17, 15) is 8.42 Å². The summed E-state index contributed by atoms with van der Waals surface area (Å²) in [4.78, 5) is 0. The van der Waals surface area contributed by atoms with Gasteiger partial charge in [-0.25, -0.2) is 8.42 Å². The molecular formula is C15H19NO3S2. The van der Waals surface area contributed by atoms with Crippen molar-refractivity contribution in [1.29, 1.82) is 0 Å². The first-order valence-electron chi connectivity index (χ1n) is 6.76. The van der Waals surface area contributed by atoms with E-state index in [0.29, 0.717) is 17.2 Å². The molecular weight excluding hydrogens is 306 g/mol. The van der Waals surface area contributed by atoms with Crippen LogP contribution < -0.4 is 0 Å². The van der Waals surface area contributed by atoms with E-state index in [4.69, 9.17) is 5.11 Å². The van der Waals surface area contributed by atoms with Crippen LogP contribution in [-0.4, -0.2) is 30.5 Å². The van der Waals surface area contributed by atoms with Crippen molar-refractivity contribution in [3.63, 3.8) is 0 Å². The average Bonchev–Trinajstić information content (AvgIpc) is 3.01. The van der Waals surface area contributed by atoms with E-state index in [-0.39, 0.29) is 12.6 Å². The molecule has 0 radical (unpaired) electrons. The molecule has 0 aliphatic carbocycles. The number of thiophene rings is 1. The van der Waals surface area contributed by atoms with Gasteiger partial charge in [-0.1, -0.05) is 36.4 Å². The standard InChI is InChI=1S/C15H19NO3S2/c1-13(9-10-17)16(12-14-6-3-2-4-7-14)21(18,19)15-8-5-11-20-15/h2-8,11,13,17H,9-10,12H2,1H3. The molecule has 1 aromatic carbocycles. The van der Waals surface area contributed by atoms with E-state index in [2.05, 4.69) is 0 Å². The maximum absolute atomic E-state index is 12.8. The van der Waals surface area contributed by atoms with Crippen molar-refractivity contribution in [2.75, 3.05) is 6.61 Å². The first kappa shape index (κ1) is 16.2. The Labute approximate surface area is 129 Å². The Morgan fingerprint density at radius 3 is 2.48 bits per heavy atom. The highest BCUT2D eigenvalue weighted by Gasteiger charge is 2.29. The number of sulfonamides is 1. The topological polar surface area (TPSA) is 57.6 Å². The summed E-state index contributed by atoms with van der Waals surface area (Å²) in [7, 11) is -3.54. The summed E-state index contributed by atoms with van der Waals surface area (Å²) in [6.07, 6.45) is 0.414. The first-order valence-corrected chi connectivity index (χ1v) is 9.08. The van der Waals surface area contributed by atoms with Gasteiger partial charge >= 0.3 is 0 Å². The molecule has 1 N–H and O–H groups in total. The zero-order valence-corrected chi connectivity index (χ0v) is 13.5. The second kappa shape index (κ2) is 7.17. The summed E-state index contributed by atoms with van der Waals surface area (Å²) < 4.78 is 27.3. The quantitative estimate of drug-likeness (QED) is 0.851. The molecule has 114 valence electrons. The van der Waals surface area contributed by atoms with E-state index in [1.807, 2.05) is 37.3 Å². The molecule has 2 rings (SSSR count). The number of rotatable bonds is 7. The highest BCUT2D eigenvalue weighted by Crippen LogP contribution is 2.25. The summed E-state index contributed by atoms with van der Waals surface area (Å²) in [6, 6.07) is 12.6. The fraction of sp³-hybridized carbons (Fsp3) is 0.333. The Kier molecular flexibility index (Phi) is 5.52. The third-order valence-corrected chi connectivity index (χ3v) is 6.61. The molecule has 4 nitrogen and oxygen atoms in total. The molecule has 0 aliphatic rings. The van der Waals surface area contributed by atoms with Crippen LogP contribution in [0, 0.1) is 0 Å². The van der Waals surface area contributed by atoms with Gasteiger partial charge in [-0.2, -0.15) is 4.31 Å². The van der Waals surface area contributed by atoms with Crippen LogP contribution in [0.4, 0.5) is 0 Å². The summed E-state index contributed by atoms with van der Waals surface area (Å²) in [5, 5.41) is 10.9. The lowest BCUT2D eigenvalue weighted by molar-refractivity contribution is 0.231. The Morgan fingerprint density at radius 2 is 1.90 bits per heavy atom. The smallest absolute Gasteiger partial charge is 0.253 e. The molecule has 1 heterocycles. The van der Waals surface area contributed by atoms with Crippen LogP contribution in [0.5, 0.6) is 0 Å². The minimum absolute atomic E-state index is 0.0353. The van der Waals surface area contributed by atoms with E-state index in [1.165, 1.54) is 15.6 Å². The Morgan fingerprint density at radius 1 is 1.19 bits per heavy atom. The second-order valence-electron chi connectivity index (χ2n) is 4.83. The van der Waals surface area contributed by atoms with Gasteiger partial charge in [0, 0.05) is 19.2 Å². The van der Waals surface area contributed by atoms with Crippen molar-refractivity contribution in [3.8, 4) is 0 Å². The second-order valence-corrected chi connectivity index (χ2v) is 7.89. The predicted octanol–water partition coefficient (Wildman–Crippen LogP) is 2.71. The van der Waals surface area contributed by atoms with Gasteiger partial charge in [-0.05, 0) is 30.4 Å². The molecule has 1 atom stereocenters. The number of aliphatic hydroxyl groups is 1. The number of aliphatic hydroxyl groups excluding tert-OH is 1. The van der Waals surface area contributed by atoms with Crippen LogP contribution in [0.3, 0.4) is 0 Å². The van der Waals surface area contributed by atoms with E-state index < -0.39 is 10.0 Å². The van der Waals surface area contributed by atoms with Crippen molar-refractivity contribution < 1.29 is 13.5 Å². The lowest BCUT2D eigenvalue weighted by Crippen LogP contribution is -2.38. The van der Waals surface area contributed by atoms with Gasteiger partial charge in [-0.3, -0.25) is 0 Å². The average molecular weight is 325 g/mol. The predicted molar refractivity (Wildman–Crippen MR) is 84.7 cm³/mol. The first-order chi connectivity index (χ1) is 10.1. The lowest BCUT2D eigenvalue weighted by Gasteiger charge is -2.27. The third-order valence-electron chi connectivity index (χ3n) is 3.28. The van der Waals surface area contributed by atoms with Crippen LogP contribution >= 0.6 is 11.3 Å². The monoisotopic (exact) mass is 325 g/mol. The molecule has 1 aromatic heterocycles. The van der Waals surface area contributed by atoms with Crippen LogP contribution in [0.15, 0.2) is 52.1 Å². The molecule has 21 heavy (non-hydrogen) atoms. The molecule has 0 spiro atoms. The summed E-state index contributed by atoms with van der Waals surface area (Å²) in [6.45, 7) is 2.10. The molecule has 6 heteroatoms. The van der Waals surface area contributed by atoms with E-state index >= 15 is 0 Å².